The first-order chi connectivity index (χ1) is 4.99. The molecule has 0 bridgehead atoms. The number of hydrogen-bond donors (Lipinski definition) is 1. The van der Waals surface area contributed by atoms with Gasteiger partial charge in [0.2, 0.25) is 0 Å². The van der Waals surface area contributed by atoms with Crippen molar-refractivity contribution in [1.82, 2.24) is 0 Å². The van der Waals surface area contributed by atoms with E-state index < -0.39 is 0 Å². The van der Waals surface area contributed by atoms with Crippen molar-refractivity contribution < 1.29 is 0 Å². The number of nitrogens with two attached hydrogens (primary N) is 1. The van der Waals surface area contributed by atoms with Crippen molar-refractivity contribution >= 4 is 0 Å². The van der Waals surface area contributed by atoms with Gasteiger partial charge in [0.25, 0.3) is 0 Å². The second-order valence-electron chi connectivity index (χ2n) is 3.93. The molecule has 0 aromatic heterocycles. The molecule has 68 valence electrons. The van der Waals surface area contributed by atoms with Crippen LogP contribution in [0.2, 0.25) is 0 Å². The molecule has 0 aliphatic rings. The molecule has 0 saturated carbocycles. The van der Waals surface area contributed by atoms with Crippen molar-refractivity contribution in [3.05, 3.63) is 0 Å². The molecular formula is C10H23N. The molecule has 2 unspecified atom stereocenters. The van der Waals surface area contributed by atoms with Crippen LogP contribution in [0.4, 0.5) is 0 Å². The molecule has 2 atom stereocenters. The molecule has 1 nitrogen and oxygen atoms in total. The van der Waals surface area contributed by atoms with E-state index in [1.54, 1.807) is 0 Å². The average Bonchev–Trinajstić information content (AvgIpc) is 2.01. The van der Waals surface area contributed by atoms with Crippen molar-refractivity contribution in [3.63, 3.8) is 0 Å². The van der Waals surface area contributed by atoms with Gasteiger partial charge in [0.1, 0.15) is 0 Å². The molecule has 0 aromatic carbocycles. The summed E-state index contributed by atoms with van der Waals surface area (Å²) < 4.78 is 0. The highest BCUT2D eigenvalue weighted by Gasteiger charge is 2.31. The molecule has 0 fully saturated rings. The molecule has 0 spiro atoms. The summed E-state index contributed by atoms with van der Waals surface area (Å²) >= 11 is 0. The lowest BCUT2D eigenvalue weighted by molar-refractivity contribution is 0.197. The fourth-order valence-corrected chi connectivity index (χ4v) is 1.71. The van der Waals surface area contributed by atoms with Crippen LogP contribution in [0.1, 0.15) is 47.5 Å². The fourth-order valence-electron chi connectivity index (χ4n) is 1.71. The molecule has 1 heteroatoms. The van der Waals surface area contributed by atoms with E-state index in [0.717, 1.165) is 6.42 Å². The normalized spacial score (nSPS) is 19.9. The van der Waals surface area contributed by atoms with Gasteiger partial charge >= 0.3 is 0 Å². The first kappa shape index (κ1) is 11.0. The van der Waals surface area contributed by atoms with Gasteiger partial charge in [0.05, 0.1) is 0 Å². The highest BCUT2D eigenvalue weighted by molar-refractivity contribution is 4.90. The minimum absolute atomic E-state index is 0.0503. The van der Waals surface area contributed by atoms with Gasteiger partial charge in [-0.25, -0.2) is 0 Å². The first-order valence-electron chi connectivity index (χ1n) is 4.77. The van der Waals surface area contributed by atoms with Gasteiger partial charge in [0.15, 0.2) is 0 Å². The molecule has 0 saturated heterocycles. The molecule has 0 aliphatic carbocycles. The number of rotatable bonds is 4. The van der Waals surface area contributed by atoms with Gasteiger partial charge in [-0.2, -0.15) is 0 Å². The maximum atomic E-state index is 6.29. The predicted octanol–water partition coefficient (Wildman–Crippen LogP) is 2.80. The van der Waals surface area contributed by atoms with Crippen LogP contribution < -0.4 is 5.73 Å². The molecule has 0 aromatic rings. The standard InChI is InChI=1S/C10H23N/c1-6-9(5)10(11,7-2)8(3)4/h8-9H,6-7,11H2,1-5H3. The Balaban J connectivity index is 4.32. The highest BCUT2D eigenvalue weighted by atomic mass is 14.8. The average molecular weight is 157 g/mol. The van der Waals surface area contributed by atoms with E-state index in [4.69, 9.17) is 5.73 Å². The van der Waals surface area contributed by atoms with E-state index in [1.807, 2.05) is 0 Å². The molecular weight excluding hydrogens is 134 g/mol. The van der Waals surface area contributed by atoms with E-state index >= 15 is 0 Å². The largest absolute Gasteiger partial charge is 0.325 e. The van der Waals surface area contributed by atoms with Gasteiger partial charge in [0, 0.05) is 5.54 Å². The van der Waals surface area contributed by atoms with Crippen molar-refractivity contribution in [2.24, 2.45) is 17.6 Å². The van der Waals surface area contributed by atoms with Crippen LogP contribution in [-0.4, -0.2) is 5.54 Å². The monoisotopic (exact) mass is 157 g/mol. The Morgan fingerprint density at radius 3 is 1.73 bits per heavy atom. The summed E-state index contributed by atoms with van der Waals surface area (Å²) in [4.78, 5) is 0. The maximum absolute atomic E-state index is 6.29. The summed E-state index contributed by atoms with van der Waals surface area (Å²) in [5.74, 6) is 1.22. The van der Waals surface area contributed by atoms with Crippen LogP contribution in [0.25, 0.3) is 0 Å². The van der Waals surface area contributed by atoms with Gasteiger partial charge in [-0.3, -0.25) is 0 Å². The maximum Gasteiger partial charge on any atom is 0.0200 e. The van der Waals surface area contributed by atoms with Crippen LogP contribution in [-0.2, 0) is 0 Å². The van der Waals surface area contributed by atoms with Crippen LogP contribution in [0.5, 0.6) is 0 Å². The van der Waals surface area contributed by atoms with E-state index in [-0.39, 0.29) is 5.54 Å². The summed E-state index contributed by atoms with van der Waals surface area (Å²) in [6.07, 6.45) is 2.27. The number of hydrogen-bond acceptors (Lipinski definition) is 1. The van der Waals surface area contributed by atoms with Crippen molar-refractivity contribution in [3.8, 4) is 0 Å². The van der Waals surface area contributed by atoms with E-state index in [2.05, 4.69) is 34.6 Å². The van der Waals surface area contributed by atoms with E-state index in [0.29, 0.717) is 11.8 Å². The summed E-state index contributed by atoms with van der Waals surface area (Å²) in [5, 5.41) is 0. The Morgan fingerprint density at radius 1 is 1.18 bits per heavy atom. The lowest BCUT2D eigenvalue weighted by Crippen LogP contribution is -2.49. The molecule has 0 aliphatic heterocycles. The predicted molar refractivity (Wildman–Crippen MR) is 51.5 cm³/mol. The molecule has 11 heavy (non-hydrogen) atoms. The molecule has 2 N–H and O–H groups in total. The summed E-state index contributed by atoms with van der Waals surface area (Å²) in [5.41, 5.74) is 6.34. The summed E-state index contributed by atoms with van der Waals surface area (Å²) in [6, 6.07) is 0. The molecule has 0 heterocycles. The van der Waals surface area contributed by atoms with Crippen molar-refractivity contribution in [2.75, 3.05) is 0 Å². The highest BCUT2D eigenvalue weighted by Crippen LogP contribution is 2.28. The van der Waals surface area contributed by atoms with Gasteiger partial charge in [-0.15, -0.1) is 0 Å². The topological polar surface area (TPSA) is 26.0 Å². The van der Waals surface area contributed by atoms with Crippen LogP contribution in [0, 0.1) is 11.8 Å². The Hall–Kier alpha value is -0.0400. The smallest absolute Gasteiger partial charge is 0.0200 e. The Kier molecular flexibility index (Phi) is 4.09. The van der Waals surface area contributed by atoms with Crippen LogP contribution in [0.15, 0.2) is 0 Å². The van der Waals surface area contributed by atoms with Gasteiger partial charge in [-0.05, 0) is 18.3 Å². The SMILES string of the molecule is CCC(C)C(N)(CC)C(C)C. The second-order valence-corrected chi connectivity index (χ2v) is 3.93. The molecule has 0 rings (SSSR count). The lowest BCUT2D eigenvalue weighted by atomic mass is 9.74. The summed E-state index contributed by atoms with van der Waals surface area (Å²) in [6.45, 7) is 11.1. The Labute approximate surface area is 71.4 Å². The zero-order valence-electron chi connectivity index (χ0n) is 8.65. The van der Waals surface area contributed by atoms with E-state index in [1.165, 1.54) is 6.42 Å². The summed E-state index contributed by atoms with van der Waals surface area (Å²) in [7, 11) is 0. The van der Waals surface area contributed by atoms with Crippen molar-refractivity contribution in [1.29, 1.82) is 0 Å². The third-order valence-electron chi connectivity index (χ3n) is 3.22. The van der Waals surface area contributed by atoms with Crippen LogP contribution >= 0.6 is 0 Å². The Morgan fingerprint density at radius 2 is 1.64 bits per heavy atom. The minimum Gasteiger partial charge on any atom is -0.325 e. The third-order valence-corrected chi connectivity index (χ3v) is 3.22. The lowest BCUT2D eigenvalue weighted by Gasteiger charge is -2.38. The zero-order chi connectivity index (χ0) is 9.07. The van der Waals surface area contributed by atoms with Crippen molar-refractivity contribution in [2.45, 2.75) is 53.0 Å². The van der Waals surface area contributed by atoms with Gasteiger partial charge < -0.3 is 5.73 Å². The Bertz CT molecular complexity index is 109. The van der Waals surface area contributed by atoms with Crippen LogP contribution in [0.3, 0.4) is 0 Å². The quantitative estimate of drug-likeness (QED) is 0.667. The fraction of sp³-hybridized carbons (Fsp3) is 1.00. The molecule has 0 amide bonds. The van der Waals surface area contributed by atoms with E-state index in [9.17, 15) is 0 Å². The first-order valence-corrected chi connectivity index (χ1v) is 4.77. The van der Waals surface area contributed by atoms with Gasteiger partial charge in [-0.1, -0.05) is 41.0 Å². The second kappa shape index (κ2) is 4.10. The minimum atomic E-state index is 0.0503. The molecule has 0 radical (unpaired) electrons. The zero-order valence-corrected chi connectivity index (χ0v) is 8.65. The third kappa shape index (κ3) is 2.19.